The highest BCUT2D eigenvalue weighted by Crippen LogP contribution is 2.23. The van der Waals surface area contributed by atoms with Crippen LogP contribution in [0.5, 0.6) is 5.75 Å². The Morgan fingerprint density at radius 2 is 1.93 bits per heavy atom. The molecule has 0 spiro atoms. The van der Waals surface area contributed by atoms with Crippen molar-refractivity contribution >= 4 is 28.9 Å². The molecule has 3 rings (SSSR count). The van der Waals surface area contributed by atoms with Crippen LogP contribution in [0.4, 0.5) is 0 Å². The molecule has 2 N–H and O–H groups in total. The Morgan fingerprint density at radius 3 is 2.59 bits per heavy atom. The van der Waals surface area contributed by atoms with E-state index in [4.69, 9.17) is 9.84 Å². The minimum absolute atomic E-state index is 0.0586. The molecule has 3 aromatic rings. The summed E-state index contributed by atoms with van der Waals surface area (Å²) in [5.41, 5.74) is 2.14. The molecule has 0 aliphatic heterocycles. The zero-order chi connectivity index (χ0) is 20.8. The van der Waals surface area contributed by atoms with Gasteiger partial charge in [-0.1, -0.05) is 30.3 Å². The van der Waals surface area contributed by atoms with Crippen molar-refractivity contribution in [2.75, 3.05) is 7.11 Å². The quantitative estimate of drug-likeness (QED) is 0.478. The van der Waals surface area contributed by atoms with E-state index in [1.165, 1.54) is 6.08 Å². The van der Waals surface area contributed by atoms with Gasteiger partial charge in [-0.25, -0.2) is 0 Å². The highest BCUT2D eigenvalue weighted by atomic mass is 16.5. The molecule has 1 heterocycles. The molecular formula is C22H19N3O4. The number of fused-ring (bicyclic) bond motifs is 1. The number of nitriles is 1. The number of methoxy groups -OCH3 is 1. The van der Waals surface area contributed by atoms with Gasteiger partial charge < -0.3 is 19.7 Å². The van der Waals surface area contributed by atoms with Gasteiger partial charge in [0.15, 0.2) is 0 Å². The zero-order valence-corrected chi connectivity index (χ0v) is 15.8. The number of nitrogens with one attached hydrogen (secondary N) is 1. The van der Waals surface area contributed by atoms with Crippen molar-refractivity contribution in [2.24, 2.45) is 0 Å². The molecule has 29 heavy (non-hydrogen) atoms. The van der Waals surface area contributed by atoms with Gasteiger partial charge in [-0.15, -0.1) is 0 Å². The summed E-state index contributed by atoms with van der Waals surface area (Å²) in [7, 11) is 1.58. The SMILES string of the molecule is COc1ccc(CNC(=O)/C(C#N)=C/c2cn(CC(=O)O)c3ccccc23)cc1. The molecule has 7 nitrogen and oxygen atoms in total. The van der Waals surface area contributed by atoms with Crippen molar-refractivity contribution in [3.05, 3.63) is 71.4 Å². The lowest BCUT2D eigenvalue weighted by atomic mass is 10.1. The first-order chi connectivity index (χ1) is 14.0. The van der Waals surface area contributed by atoms with E-state index < -0.39 is 11.9 Å². The van der Waals surface area contributed by atoms with E-state index in [0.29, 0.717) is 5.56 Å². The number of aromatic nitrogens is 1. The number of carboxylic acids is 1. The highest BCUT2D eigenvalue weighted by Gasteiger charge is 2.13. The molecule has 0 saturated carbocycles. The third-order valence-corrected chi connectivity index (χ3v) is 4.40. The second kappa shape index (κ2) is 8.76. The van der Waals surface area contributed by atoms with E-state index in [1.807, 2.05) is 30.3 Å². The molecule has 1 amide bonds. The molecule has 2 aromatic carbocycles. The summed E-state index contributed by atoms with van der Waals surface area (Å²) in [5, 5.41) is 22.0. The number of aliphatic carboxylic acids is 1. The van der Waals surface area contributed by atoms with E-state index >= 15 is 0 Å². The van der Waals surface area contributed by atoms with Gasteiger partial charge in [0.25, 0.3) is 5.91 Å². The molecule has 0 aliphatic rings. The standard InChI is InChI=1S/C22H19N3O4/c1-29-18-8-6-15(7-9-18)12-24-22(28)16(11-23)10-17-13-25(14-21(26)27)20-5-3-2-4-19(17)20/h2-10,13H,12,14H2,1H3,(H,24,28)(H,26,27)/b16-10+. The van der Waals surface area contributed by atoms with Crippen molar-refractivity contribution in [1.29, 1.82) is 5.26 Å². The number of carbonyl (C=O) groups is 2. The Hall–Kier alpha value is -4.05. The van der Waals surface area contributed by atoms with E-state index in [0.717, 1.165) is 22.2 Å². The Bertz CT molecular complexity index is 1120. The lowest BCUT2D eigenvalue weighted by Crippen LogP contribution is -2.23. The number of carbonyl (C=O) groups excluding carboxylic acids is 1. The maximum absolute atomic E-state index is 12.5. The van der Waals surface area contributed by atoms with Crippen LogP contribution in [0.3, 0.4) is 0 Å². The van der Waals surface area contributed by atoms with Crippen molar-refractivity contribution < 1.29 is 19.4 Å². The summed E-state index contributed by atoms with van der Waals surface area (Å²) >= 11 is 0. The number of hydrogen-bond acceptors (Lipinski definition) is 4. The monoisotopic (exact) mass is 389 g/mol. The van der Waals surface area contributed by atoms with Crippen LogP contribution in [0.15, 0.2) is 60.3 Å². The Morgan fingerprint density at radius 1 is 1.21 bits per heavy atom. The van der Waals surface area contributed by atoms with Crippen molar-refractivity contribution in [3.63, 3.8) is 0 Å². The van der Waals surface area contributed by atoms with Crippen LogP contribution in [-0.4, -0.2) is 28.7 Å². The fourth-order valence-electron chi connectivity index (χ4n) is 2.99. The number of nitrogens with zero attached hydrogens (tertiary/aromatic N) is 2. The van der Waals surface area contributed by atoms with Crippen LogP contribution in [0, 0.1) is 11.3 Å². The molecular weight excluding hydrogens is 370 g/mol. The van der Waals surface area contributed by atoms with Gasteiger partial charge in [0.05, 0.1) is 7.11 Å². The van der Waals surface area contributed by atoms with Gasteiger partial charge in [0.1, 0.15) is 23.9 Å². The zero-order valence-electron chi connectivity index (χ0n) is 15.8. The number of hydrogen-bond donors (Lipinski definition) is 2. The second-order valence-corrected chi connectivity index (χ2v) is 6.32. The second-order valence-electron chi connectivity index (χ2n) is 6.32. The molecule has 0 fully saturated rings. The van der Waals surface area contributed by atoms with Crippen LogP contribution in [0.2, 0.25) is 0 Å². The summed E-state index contributed by atoms with van der Waals surface area (Å²) in [4.78, 5) is 23.6. The van der Waals surface area contributed by atoms with Crippen LogP contribution in [0.25, 0.3) is 17.0 Å². The number of benzene rings is 2. The fourth-order valence-corrected chi connectivity index (χ4v) is 2.99. The van der Waals surface area contributed by atoms with Crippen LogP contribution in [-0.2, 0) is 22.7 Å². The molecule has 0 saturated heterocycles. The lowest BCUT2D eigenvalue weighted by Gasteiger charge is -2.05. The topological polar surface area (TPSA) is 104 Å². The molecule has 1 aromatic heterocycles. The van der Waals surface area contributed by atoms with Gasteiger partial charge in [0.2, 0.25) is 0 Å². The van der Waals surface area contributed by atoms with Gasteiger partial charge >= 0.3 is 5.97 Å². The first-order valence-corrected chi connectivity index (χ1v) is 8.84. The number of rotatable bonds is 7. The van der Waals surface area contributed by atoms with Crippen LogP contribution in [0.1, 0.15) is 11.1 Å². The summed E-state index contributed by atoms with van der Waals surface area (Å²) in [6.45, 7) is 0.0581. The van der Waals surface area contributed by atoms with E-state index in [9.17, 15) is 14.9 Å². The molecule has 146 valence electrons. The van der Waals surface area contributed by atoms with Gasteiger partial charge in [0, 0.05) is 29.2 Å². The Kier molecular flexibility index (Phi) is 5.95. The van der Waals surface area contributed by atoms with Crippen molar-refractivity contribution in [1.82, 2.24) is 9.88 Å². The molecule has 0 unspecified atom stereocenters. The van der Waals surface area contributed by atoms with E-state index in [1.54, 1.807) is 42.1 Å². The van der Waals surface area contributed by atoms with Crippen LogP contribution < -0.4 is 10.1 Å². The summed E-state index contributed by atoms with van der Waals surface area (Å²) in [6, 6.07) is 16.4. The average molecular weight is 389 g/mol. The van der Waals surface area contributed by atoms with Gasteiger partial charge in [-0.05, 0) is 29.8 Å². The summed E-state index contributed by atoms with van der Waals surface area (Å²) in [5.74, 6) is -0.757. The third kappa shape index (κ3) is 4.62. The van der Waals surface area contributed by atoms with Crippen LogP contribution >= 0.6 is 0 Å². The normalized spacial score (nSPS) is 11.1. The number of carboxylic acid groups (broad SMARTS) is 1. The number of amides is 1. The minimum Gasteiger partial charge on any atom is -0.497 e. The summed E-state index contributed by atoms with van der Waals surface area (Å²) in [6.07, 6.45) is 3.11. The number of ether oxygens (including phenoxy) is 1. The maximum Gasteiger partial charge on any atom is 0.323 e. The summed E-state index contributed by atoms with van der Waals surface area (Å²) < 4.78 is 6.68. The first-order valence-electron chi connectivity index (χ1n) is 8.84. The molecule has 0 radical (unpaired) electrons. The highest BCUT2D eigenvalue weighted by molar-refractivity contribution is 6.04. The molecule has 0 aliphatic carbocycles. The maximum atomic E-state index is 12.5. The largest absolute Gasteiger partial charge is 0.497 e. The predicted molar refractivity (Wildman–Crippen MR) is 108 cm³/mol. The molecule has 0 atom stereocenters. The van der Waals surface area contributed by atoms with Crippen molar-refractivity contribution in [2.45, 2.75) is 13.1 Å². The average Bonchev–Trinajstić information content (AvgIpc) is 3.07. The lowest BCUT2D eigenvalue weighted by molar-refractivity contribution is -0.137. The first kappa shape index (κ1) is 19.7. The van der Waals surface area contributed by atoms with Gasteiger partial charge in [-0.3, -0.25) is 9.59 Å². The Balaban J connectivity index is 1.82. The predicted octanol–water partition coefficient (Wildman–Crippen LogP) is 2.96. The smallest absolute Gasteiger partial charge is 0.323 e. The van der Waals surface area contributed by atoms with Crippen molar-refractivity contribution in [3.8, 4) is 11.8 Å². The Labute approximate surface area is 167 Å². The van der Waals surface area contributed by atoms with E-state index in [2.05, 4.69) is 5.32 Å². The molecule has 0 bridgehead atoms. The minimum atomic E-state index is -0.973. The third-order valence-electron chi connectivity index (χ3n) is 4.40. The number of para-hydroxylation sites is 1. The van der Waals surface area contributed by atoms with E-state index in [-0.39, 0.29) is 18.7 Å². The fraction of sp³-hybridized carbons (Fsp3) is 0.136. The van der Waals surface area contributed by atoms with Gasteiger partial charge in [-0.2, -0.15) is 5.26 Å². The molecule has 7 heteroatoms.